The first kappa shape index (κ1) is 14.4. The van der Waals surface area contributed by atoms with E-state index in [0.717, 1.165) is 24.6 Å². The molecule has 0 aromatic heterocycles. The molecule has 1 unspecified atom stereocenters. The van der Waals surface area contributed by atoms with Crippen LogP contribution in [0.3, 0.4) is 0 Å². The quantitative estimate of drug-likeness (QED) is 0.635. The molecule has 0 radical (unpaired) electrons. The number of amides is 1. The number of aliphatic imine (C=N–C) groups is 1. The summed E-state index contributed by atoms with van der Waals surface area (Å²) in [7, 11) is 1.74. The van der Waals surface area contributed by atoms with Crippen molar-refractivity contribution in [1.82, 2.24) is 15.5 Å². The SMILES string of the molecule is CCNC(=NC)NC1CC(=O)N(Cc2ccccc2)C1. The van der Waals surface area contributed by atoms with Crippen LogP contribution in [0.25, 0.3) is 0 Å². The fraction of sp³-hybridized carbons (Fsp3) is 0.467. The molecule has 1 heterocycles. The Morgan fingerprint density at radius 2 is 2.15 bits per heavy atom. The number of nitrogens with one attached hydrogen (secondary N) is 2. The van der Waals surface area contributed by atoms with E-state index in [-0.39, 0.29) is 11.9 Å². The third-order valence-electron chi connectivity index (χ3n) is 3.34. The number of hydrogen-bond donors (Lipinski definition) is 2. The second-order valence-electron chi connectivity index (χ2n) is 4.91. The summed E-state index contributed by atoms with van der Waals surface area (Å²) in [6, 6.07) is 10.2. The number of carbonyl (C=O) groups is 1. The number of benzene rings is 1. The Labute approximate surface area is 120 Å². The second-order valence-corrected chi connectivity index (χ2v) is 4.91. The second kappa shape index (κ2) is 6.93. The van der Waals surface area contributed by atoms with Gasteiger partial charge in [-0.15, -0.1) is 0 Å². The molecule has 0 aliphatic carbocycles. The van der Waals surface area contributed by atoms with Crippen molar-refractivity contribution < 1.29 is 4.79 Å². The largest absolute Gasteiger partial charge is 0.357 e. The molecular formula is C15H22N4O. The van der Waals surface area contributed by atoms with Crippen LogP contribution in [-0.4, -0.2) is 42.9 Å². The molecule has 1 amide bonds. The normalized spacial score (nSPS) is 19.3. The first-order valence-corrected chi connectivity index (χ1v) is 7.01. The molecule has 2 N–H and O–H groups in total. The van der Waals surface area contributed by atoms with E-state index in [9.17, 15) is 4.79 Å². The molecule has 5 nitrogen and oxygen atoms in total. The van der Waals surface area contributed by atoms with E-state index in [2.05, 4.69) is 15.6 Å². The van der Waals surface area contributed by atoms with Crippen LogP contribution in [0.15, 0.2) is 35.3 Å². The third-order valence-corrected chi connectivity index (χ3v) is 3.34. The van der Waals surface area contributed by atoms with Gasteiger partial charge in [-0.25, -0.2) is 0 Å². The van der Waals surface area contributed by atoms with Gasteiger partial charge in [0, 0.05) is 33.1 Å². The summed E-state index contributed by atoms with van der Waals surface area (Å²) in [6.45, 7) is 4.23. The number of likely N-dealkylation sites (tertiary alicyclic amines) is 1. The highest BCUT2D eigenvalue weighted by Crippen LogP contribution is 2.14. The Bertz CT molecular complexity index is 472. The van der Waals surface area contributed by atoms with E-state index < -0.39 is 0 Å². The third kappa shape index (κ3) is 3.73. The van der Waals surface area contributed by atoms with Crippen LogP contribution in [0, 0.1) is 0 Å². The van der Waals surface area contributed by atoms with Crippen LogP contribution in [0.2, 0.25) is 0 Å². The van der Waals surface area contributed by atoms with E-state index in [4.69, 9.17) is 0 Å². The lowest BCUT2D eigenvalue weighted by molar-refractivity contribution is -0.128. The molecule has 0 spiro atoms. The van der Waals surface area contributed by atoms with Crippen LogP contribution in [0.1, 0.15) is 18.9 Å². The fourth-order valence-electron chi connectivity index (χ4n) is 2.38. The summed E-state index contributed by atoms with van der Waals surface area (Å²) in [5, 5.41) is 6.44. The smallest absolute Gasteiger partial charge is 0.225 e. The molecule has 1 saturated heterocycles. The Balaban J connectivity index is 1.90. The minimum Gasteiger partial charge on any atom is -0.357 e. The minimum atomic E-state index is 0.129. The fourth-order valence-corrected chi connectivity index (χ4v) is 2.38. The maximum atomic E-state index is 12.0. The molecule has 2 rings (SSSR count). The van der Waals surface area contributed by atoms with Gasteiger partial charge < -0.3 is 15.5 Å². The van der Waals surface area contributed by atoms with Crippen LogP contribution >= 0.6 is 0 Å². The maximum Gasteiger partial charge on any atom is 0.225 e. The van der Waals surface area contributed by atoms with Crippen LogP contribution in [-0.2, 0) is 11.3 Å². The maximum absolute atomic E-state index is 12.0. The zero-order valence-corrected chi connectivity index (χ0v) is 12.1. The Morgan fingerprint density at radius 3 is 2.80 bits per heavy atom. The summed E-state index contributed by atoms with van der Waals surface area (Å²) >= 11 is 0. The molecular weight excluding hydrogens is 252 g/mol. The number of carbonyl (C=O) groups excluding carboxylic acids is 1. The van der Waals surface area contributed by atoms with Gasteiger partial charge in [0.2, 0.25) is 5.91 Å². The molecule has 5 heteroatoms. The number of rotatable bonds is 4. The van der Waals surface area contributed by atoms with E-state index in [1.165, 1.54) is 0 Å². The lowest BCUT2D eigenvalue weighted by atomic mass is 10.2. The van der Waals surface area contributed by atoms with Gasteiger partial charge in [-0.1, -0.05) is 30.3 Å². The van der Waals surface area contributed by atoms with Gasteiger partial charge in [0.25, 0.3) is 0 Å². The first-order valence-electron chi connectivity index (χ1n) is 7.01. The van der Waals surface area contributed by atoms with Crippen LogP contribution in [0.5, 0.6) is 0 Å². The Hall–Kier alpha value is -2.04. The van der Waals surface area contributed by atoms with Gasteiger partial charge in [-0.3, -0.25) is 9.79 Å². The van der Waals surface area contributed by atoms with Gasteiger partial charge >= 0.3 is 0 Å². The van der Waals surface area contributed by atoms with Crippen molar-refractivity contribution in [3.8, 4) is 0 Å². The van der Waals surface area contributed by atoms with Crippen molar-refractivity contribution in [3.63, 3.8) is 0 Å². The highest BCUT2D eigenvalue weighted by Gasteiger charge is 2.29. The number of hydrogen-bond acceptors (Lipinski definition) is 2. The Morgan fingerprint density at radius 1 is 1.40 bits per heavy atom. The molecule has 1 aliphatic heterocycles. The lowest BCUT2D eigenvalue weighted by Gasteiger charge is -2.18. The molecule has 1 fully saturated rings. The zero-order chi connectivity index (χ0) is 14.4. The van der Waals surface area contributed by atoms with Gasteiger partial charge in [0.15, 0.2) is 5.96 Å². The molecule has 1 atom stereocenters. The van der Waals surface area contributed by atoms with Crippen LogP contribution < -0.4 is 10.6 Å². The monoisotopic (exact) mass is 274 g/mol. The highest BCUT2D eigenvalue weighted by atomic mass is 16.2. The summed E-state index contributed by atoms with van der Waals surface area (Å²) < 4.78 is 0. The van der Waals surface area contributed by atoms with Gasteiger partial charge in [-0.2, -0.15) is 0 Å². The predicted octanol–water partition coefficient (Wildman–Crippen LogP) is 0.972. The molecule has 20 heavy (non-hydrogen) atoms. The van der Waals surface area contributed by atoms with Gasteiger partial charge in [0.05, 0.1) is 6.04 Å². The van der Waals surface area contributed by atoms with Crippen molar-refractivity contribution in [2.45, 2.75) is 25.9 Å². The van der Waals surface area contributed by atoms with Gasteiger partial charge in [-0.05, 0) is 12.5 Å². The zero-order valence-electron chi connectivity index (χ0n) is 12.1. The van der Waals surface area contributed by atoms with Crippen molar-refractivity contribution in [2.75, 3.05) is 20.1 Å². The summed E-state index contributed by atoms with van der Waals surface area (Å²) in [6.07, 6.45) is 0.525. The van der Waals surface area contributed by atoms with Crippen molar-refractivity contribution >= 4 is 11.9 Å². The molecule has 108 valence electrons. The van der Waals surface area contributed by atoms with E-state index in [1.54, 1.807) is 7.05 Å². The van der Waals surface area contributed by atoms with E-state index in [1.807, 2.05) is 42.2 Å². The van der Waals surface area contributed by atoms with Crippen molar-refractivity contribution in [1.29, 1.82) is 0 Å². The molecule has 1 aliphatic rings. The van der Waals surface area contributed by atoms with Crippen molar-refractivity contribution in [2.24, 2.45) is 4.99 Å². The molecule has 0 saturated carbocycles. The topological polar surface area (TPSA) is 56.7 Å². The molecule has 0 bridgehead atoms. The van der Waals surface area contributed by atoms with Gasteiger partial charge in [0.1, 0.15) is 0 Å². The van der Waals surface area contributed by atoms with E-state index >= 15 is 0 Å². The number of nitrogens with zero attached hydrogens (tertiary/aromatic N) is 2. The average Bonchev–Trinajstić information content (AvgIpc) is 2.79. The summed E-state index contributed by atoms with van der Waals surface area (Å²) in [5.41, 5.74) is 1.16. The number of guanidine groups is 1. The highest BCUT2D eigenvalue weighted by molar-refractivity contribution is 5.83. The minimum absolute atomic E-state index is 0.129. The Kier molecular flexibility index (Phi) is 4.98. The first-order chi connectivity index (χ1) is 9.72. The summed E-state index contributed by atoms with van der Waals surface area (Å²) in [4.78, 5) is 18.1. The van der Waals surface area contributed by atoms with Crippen LogP contribution in [0.4, 0.5) is 0 Å². The average molecular weight is 274 g/mol. The van der Waals surface area contributed by atoms with Crippen molar-refractivity contribution in [3.05, 3.63) is 35.9 Å². The standard InChI is InChI=1S/C15H22N4O/c1-3-17-15(16-2)18-13-9-14(20)19(11-13)10-12-7-5-4-6-8-12/h4-8,13H,3,9-11H2,1-2H3,(H2,16,17,18). The van der Waals surface area contributed by atoms with E-state index in [0.29, 0.717) is 13.0 Å². The summed E-state index contributed by atoms with van der Waals surface area (Å²) in [5.74, 6) is 0.949. The molecule has 1 aromatic carbocycles. The molecule has 1 aromatic rings. The lowest BCUT2D eigenvalue weighted by Crippen LogP contribution is -2.44. The predicted molar refractivity (Wildman–Crippen MR) is 80.4 cm³/mol.